The number of benzene rings is 1. The Hall–Kier alpha value is -1.11. The second kappa shape index (κ2) is 14.7. The molecular weight excluding hydrogens is 495 g/mol. The van der Waals surface area contributed by atoms with Gasteiger partial charge < -0.3 is 20.1 Å². The number of carbonyl (C=O) groups excluding carboxylic acids is 1. The van der Waals surface area contributed by atoms with E-state index >= 15 is 0 Å². The van der Waals surface area contributed by atoms with Gasteiger partial charge in [0, 0.05) is 38.4 Å². The topological polar surface area (TPSA) is 59.6 Å². The molecule has 206 valence electrons. The molecule has 3 rings (SSSR count). The van der Waals surface area contributed by atoms with E-state index in [4.69, 9.17) is 9.47 Å². The van der Waals surface area contributed by atoms with Crippen LogP contribution in [0.4, 0.5) is 0 Å². The Balaban J connectivity index is 0.00000324. The van der Waals surface area contributed by atoms with Gasteiger partial charge in [0.05, 0.1) is 5.41 Å². The molecule has 0 radical (unpaired) electrons. The van der Waals surface area contributed by atoms with E-state index < -0.39 is 11.0 Å². The highest BCUT2D eigenvalue weighted by Gasteiger charge is 2.41. The first-order chi connectivity index (χ1) is 16.1. The van der Waals surface area contributed by atoms with Crippen LogP contribution in [0.25, 0.3) is 6.08 Å². The predicted molar refractivity (Wildman–Crippen MR) is 154 cm³/mol. The van der Waals surface area contributed by atoms with Crippen molar-refractivity contribution in [3.63, 3.8) is 0 Å². The highest BCUT2D eigenvalue weighted by Crippen LogP contribution is 2.41. The van der Waals surface area contributed by atoms with E-state index in [1.165, 1.54) is 30.4 Å². The van der Waals surface area contributed by atoms with Crippen LogP contribution in [0.5, 0.6) is 0 Å². The van der Waals surface area contributed by atoms with E-state index in [2.05, 4.69) is 47.0 Å². The molecule has 36 heavy (non-hydrogen) atoms. The second-order valence-electron chi connectivity index (χ2n) is 11.8. The molecule has 0 saturated heterocycles. The number of esters is 1. The fourth-order valence-electron chi connectivity index (χ4n) is 4.79. The van der Waals surface area contributed by atoms with Crippen molar-refractivity contribution in [2.45, 2.75) is 96.9 Å². The third-order valence-electron chi connectivity index (χ3n) is 6.97. The standard InChI is InChI=1S/C29H46N2O3.2ClH/c1-28(2,3)34-27(32)29(4,5)20-30-23-12-14-24(15-13-23)31-26-19-25(26)22(16-17-33-6)18-21-10-8-7-9-11-21;;/h7-11,18,23-26,30-31H,12-17,19-20H2,1-6H3;2*1H. The number of ether oxygens (including phenoxy) is 2. The molecule has 2 N–H and O–H groups in total. The molecule has 1 aromatic rings. The van der Waals surface area contributed by atoms with Crippen molar-refractivity contribution in [1.29, 1.82) is 0 Å². The number of methoxy groups -OCH3 is 1. The van der Waals surface area contributed by atoms with Gasteiger partial charge in [-0.2, -0.15) is 0 Å². The maximum Gasteiger partial charge on any atom is 0.313 e. The summed E-state index contributed by atoms with van der Waals surface area (Å²) in [5, 5.41) is 7.58. The summed E-state index contributed by atoms with van der Waals surface area (Å²) in [5.74, 6) is 0.497. The van der Waals surface area contributed by atoms with Gasteiger partial charge in [0.1, 0.15) is 5.60 Å². The van der Waals surface area contributed by atoms with Gasteiger partial charge in [-0.1, -0.05) is 42.0 Å². The number of hydrogen-bond acceptors (Lipinski definition) is 5. The van der Waals surface area contributed by atoms with Gasteiger partial charge in [-0.25, -0.2) is 0 Å². The van der Waals surface area contributed by atoms with Crippen LogP contribution in [0, 0.1) is 11.3 Å². The fraction of sp³-hybridized carbons (Fsp3) is 0.690. The van der Waals surface area contributed by atoms with Gasteiger partial charge in [-0.05, 0) is 84.6 Å². The van der Waals surface area contributed by atoms with Gasteiger partial charge in [0.15, 0.2) is 0 Å². The Morgan fingerprint density at radius 1 is 1.00 bits per heavy atom. The third-order valence-corrected chi connectivity index (χ3v) is 6.97. The predicted octanol–water partition coefficient (Wildman–Crippen LogP) is 6.20. The molecule has 2 aliphatic rings. The van der Waals surface area contributed by atoms with Crippen molar-refractivity contribution in [3.8, 4) is 0 Å². The molecule has 0 aromatic heterocycles. The average molecular weight is 544 g/mol. The van der Waals surface area contributed by atoms with Crippen molar-refractivity contribution in [3.05, 3.63) is 41.5 Å². The molecule has 0 heterocycles. The maximum absolute atomic E-state index is 12.5. The minimum atomic E-state index is -0.521. The monoisotopic (exact) mass is 542 g/mol. The zero-order chi connectivity index (χ0) is 24.8. The molecule has 5 nitrogen and oxygen atoms in total. The summed E-state index contributed by atoms with van der Waals surface area (Å²) < 4.78 is 11.0. The van der Waals surface area contributed by atoms with Crippen LogP contribution in [0.2, 0.25) is 0 Å². The van der Waals surface area contributed by atoms with Crippen LogP contribution in [0.15, 0.2) is 35.9 Å². The number of hydrogen-bond donors (Lipinski definition) is 2. The first-order valence-corrected chi connectivity index (χ1v) is 13.0. The highest BCUT2D eigenvalue weighted by atomic mass is 35.5. The van der Waals surface area contributed by atoms with Crippen LogP contribution in [0.1, 0.15) is 78.7 Å². The summed E-state index contributed by atoms with van der Waals surface area (Å²) in [6.07, 6.45) is 9.25. The number of halogens is 2. The van der Waals surface area contributed by atoms with E-state index in [9.17, 15) is 4.79 Å². The Kier molecular flexibility index (Phi) is 13.5. The largest absolute Gasteiger partial charge is 0.460 e. The average Bonchev–Trinajstić information content (AvgIpc) is 3.54. The number of rotatable bonds is 11. The minimum absolute atomic E-state index is 0. The van der Waals surface area contributed by atoms with E-state index in [1.54, 1.807) is 7.11 Å². The summed E-state index contributed by atoms with van der Waals surface area (Å²) in [7, 11) is 1.78. The van der Waals surface area contributed by atoms with E-state index in [1.807, 2.05) is 34.6 Å². The lowest BCUT2D eigenvalue weighted by atomic mass is 9.88. The molecule has 0 bridgehead atoms. The quantitative estimate of drug-likeness (QED) is 0.326. The highest BCUT2D eigenvalue weighted by molar-refractivity contribution is 5.85. The van der Waals surface area contributed by atoms with E-state index in [0.29, 0.717) is 30.6 Å². The molecule has 2 aliphatic carbocycles. The van der Waals surface area contributed by atoms with E-state index in [-0.39, 0.29) is 30.8 Å². The second-order valence-corrected chi connectivity index (χ2v) is 11.8. The summed E-state index contributed by atoms with van der Waals surface area (Å²) in [6, 6.07) is 12.3. The molecule has 7 heteroatoms. The molecule has 1 aromatic carbocycles. The maximum atomic E-state index is 12.5. The zero-order valence-electron chi connectivity index (χ0n) is 23.0. The molecule has 0 aliphatic heterocycles. The Bertz CT molecular complexity index is 816. The smallest absolute Gasteiger partial charge is 0.313 e. The molecule has 2 fully saturated rings. The SMILES string of the molecule is COCCC(=Cc1ccccc1)C1CC1NC1CCC(NCC(C)(C)C(=O)OC(C)(C)C)CC1.Cl.Cl. The lowest BCUT2D eigenvalue weighted by molar-refractivity contribution is -0.165. The third kappa shape index (κ3) is 10.7. The Morgan fingerprint density at radius 3 is 2.19 bits per heavy atom. The molecule has 0 spiro atoms. The van der Waals surface area contributed by atoms with Gasteiger partial charge in [-0.3, -0.25) is 4.79 Å². The van der Waals surface area contributed by atoms with Crippen LogP contribution >= 0.6 is 24.8 Å². The molecular formula is C29H48Cl2N2O3. The summed E-state index contributed by atoms with van der Waals surface area (Å²) >= 11 is 0. The first kappa shape index (κ1) is 32.9. The van der Waals surface area contributed by atoms with E-state index in [0.717, 1.165) is 25.9 Å². The van der Waals surface area contributed by atoms with Gasteiger partial charge in [0.25, 0.3) is 0 Å². The zero-order valence-corrected chi connectivity index (χ0v) is 24.6. The van der Waals surface area contributed by atoms with Crippen molar-refractivity contribution < 1.29 is 14.3 Å². The molecule has 2 saturated carbocycles. The summed E-state index contributed by atoms with van der Waals surface area (Å²) in [6.45, 7) is 11.1. The van der Waals surface area contributed by atoms with Crippen LogP contribution < -0.4 is 10.6 Å². The lowest BCUT2D eigenvalue weighted by Gasteiger charge is -2.33. The molecule has 0 amide bonds. The van der Waals surface area contributed by atoms with Crippen molar-refractivity contribution in [2.24, 2.45) is 11.3 Å². The van der Waals surface area contributed by atoms with Gasteiger partial charge in [-0.15, -0.1) is 24.8 Å². The fourth-order valence-corrected chi connectivity index (χ4v) is 4.79. The minimum Gasteiger partial charge on any atom is -0.460 e. The summed E-state index contributed by atoms with van der Waals surface area (Å²) in [5.41, 5.74) is 1.82. The van der Waals surface area contributed by atoms with Crippen LogP contribution in [-0.4, -0.2) is 50.0 Å². The molecule has 2 atom stereocenters. The summed E-state index contributed by atoms with van der Waals surface area (Å²) in [4.78, 5) is 12.5. The van der Waals surface area contributed by atoms with Crippen LogP contribution in [-0.2, 0) is 14.3 Å². The van der Waals surface area contributed by atoms with Gasteiger partial charge in [0.2, 0.25) is 0 Å². The normalized spacial score (nSPS) is 24.3. The number of carbonyl (C=O) groups is 1. The molecule has 2 unspecified atom stereocenters. The number of nitrogens with one attached hydrogen (secondary N) is 2. The van der Waals surface area contributed by atoms with Crippen molar-refractivity contribution in [2.75, 3.05) is 20.3 Å². The first-order valence-electron chi connectivity index (χ1n) is 13.0. The van der Waals surface area contributed by atoms with Gasteiger partial charge >= 0.3 is 5.97 Å². The Labute approximate surface area is 231 Å². The van der Waals surface area contributed by atoms with Crippen molar-refractivity contribution in [1.82, 2.24) is 10.6 Å². The van der Waals surface area contributed by atoms with Crippen LogP contribution in [0.3, 0.4) is 0 Å². The van der Waals surface area contributed by atoms with Crippen molar-refractivity contribution >= 4 is 36.9 Å². The lowest BCUT2D eigenvalue weighted by Crippen LogP contribution is -2.46. The Morgan fingerprint density at radius 2 is 1.61 bits per heavy atom.